The second-order valence-corrected chi connectivity index (χ2v) is 6.09. The van der Waals surface area contributed by atoms with Gasteiger partial charge in [-0.25, -0.2) is 4.79 Å². The molecule has 1 aliphatic carbocycles. The van der Waals surface area contributed by atoms with Crippen LogP contribution in [0.4, 0.5) is 4.79 Å². The second-order valence-electron chi connectivity index (χ2n) is 6.09. The van der Waals surface area contributed by atoms with Crippen molar-refractivity contribution >= 4 is 18.2 Å². The Bertz CT molecular complexity index is 680. The molecular formula is C17H21N3O4. The van der Waals surface area contributed by atoms with E-state index >= 15 is 0 Å². The van der Waals surface area contributed by atoms with Gasteiger partial charge in [0.15, 0.2) is 11.5 Å². The Morgan fingerprint density at radius 1 is 1.33 bits per heavy atom. The number of nitrogens with one attached hydrogen (secondary N) is 1. The van der Waals surface area contributed by atoms with Crippen molar-refractivity contribution in [2.75, 3.05) is 6.61 Å². The molecule has 2 aliphatic rings. The number of aromatic hydroxyl groups is 1. The lowest BCUT2D eigenvalue weighted by Gasteiger charge is -2.29. The van der Waals surface area contributed by atoms with Gasteiger partial charge in [-0.3, -0.25) is 4.79 Å². The lowest BCUT2D eigenvalue weighted by Crippen LogP contribution is -2.48. The van der Waals surface area contributed by atoms with E-state index in [1.807, 2.05) is 6.92 Å². The van der Waals surface area contributed by atoms with E-state index in [9.17, 15) is 14.7 Å². The molecule has 1 aliphatic heterocycles. The molecule has 2 N–H and O–H groups in total. The summed E-state index contributed by atoms with van der Waals surface area (Å²) in [4.78, 5) is 24.7. The molecule has 0 unspecified atom stereocenters. The number of hydrazone groups is 1. The monoisotopic (exact) mass is 331 g/mol. The van der Waals surface area contributed by atoms with Gasteiger partial charge in [-0.2, -0.15) is 5.10 Å². The number of nitrogens with zero attached hydrogens (tertiary/aromatic N) is 2. The predicted molar refractivity (Wildman–Crippen MR) is 88.1 cm³/mol. The van der Waals surface area contributed by atoms with Crippen LogP contribution in [0.3, 0.4) is 0 Å². The number of rotatable bonds is 4. The third-order valence-electron chi connectivity index (χ3n) is 4.45. The molecule has 3 amide bonds. The first-order valence-electron chi connectivity index (χ1n) is 8.22. The van der Waals surface area contributed by atoms with Gasteiger partial charge in [-0.15, -0.1) is 5.01 Å². The average molecular weight is 331 g/mol. The highest BCUT2D eigenvalue weighted by molar-refractivity contribution is 6.07. The maximum Gasteiger partial charge on any atom is 0.346 e. The molecule has 128 valence electrons. The molecule has 1 saturated heterocycles. The lowest BCUT2D eigenvalue weighted by atomic mass is 9.82. The van der Waals surface area contributed by atoms with Crippen LogP contribution in [0.2, 0.25) is 0 Å². The number of urea groups is 1. The number of imide groups is 1. The van der Waals surface area contributed by atoms with Gasteiger partial charge in [0.05, 0.1) is 12.8 Å². The van der Waals surface area contributed by atoms with E-state index in [0.717, 1.165) is 24.3 Å². The normalized spacial score (nSPS) is 20.0. The molecule has 2 fully saturated rings. The molecule has 3 rings (SSSR count). The molecule has 1 saturated carbocycles. The van der Waals surface area contributed by atoms with E-state index in [-0.39, 0.29) is 11.7 Å². The summed E-state index contributed by atoms with van der Waals surface area (Å²) in [6.45, 7) is 2.24. The summed E-state index contributed by atoms with van der Waals surface area (Å²) in [6, 6.07) is 4.25. The number of phenolic OH excluding ortho intramolecular Hbond substituents is 1. The SMILES string of the molecule is CCOc1cc(C=NN2C(=O)NC3(CCCCC3)C2=O)ccc1O. The van der Waals surface area contributed by atoms with E-state index in [0.29, 0.717) is 30.8 Å². The van der Waals surface area contributed by atoms with Crippen LogP contribution in [0.25, 0.3) is 0 Å². The molecule has 24 heavy (non-hydrogen) atoms. The number of ether oxygens (including phenoxy) is 1. The van der Waals surface area contributed by atoms with E-state index in [2.05, 4.69) is 10.4 Å². The van der Waals surface area contributed by atoms with E-state index in [1.54, 1.807) is 12.1 Å². The summed E-state index contributed by atoms with van der Waals surface area (Å²) in [5.41, 5.74) is -0.153. The van der Waals surface area contributed by atoms with Gasteiger partial charge >= 0.3 is 6.03 Å². The molecule has 0 radical (unpaired) electrons. The molecule has 0 aromatic heterocycles. The zero-order valence-electron chi connectivity index (χ0n) is 13.6. The maximum atomic E-state index is 12.6. The van der Waals surface area contributed by atoms with Gasteiger partial charge in [-0.05, 0) is 43.5 Å². The summed E-state index contributed by atoms with van der Waals surface area (Å²) in [5, 5.41) is 17.4. The summed E-state index contributed by atoms with van der Waals surface area (Å²) in [6.07, 6.45) is 5.69. The number of benzene rings is 1. The summed E-state index contributed by atoms with van der Waals surface area (Å²) < 4.78 is 5.31. The van der Waals surface area contributed by atoms with Crippen molar-refractivity contribution < 1.29 is 19.4 Å². The van der Waals surface area contributed by atoms with Gasteiger partial charge in [0.2, 0.25) is 0 Å². The number of hydrogen-bond acceptors (Lipinski definition) is 5. The van der Waals surface area contributed by atoms with E-state index < -0.39 is 11.6 Å². The van der Waals surface area contributed by atoms with E-state index in [4.69, 9.17) is 4.74 Å². The fourth-order valence-electron chi connectivity index (χ4n) is 3.21. The summed E-state index contributed by atoms with van der Waals surface area (Å²) in [7, 11) is 0. The third-order valence-corrected chi connectivity index (χ3v) is 4.45. The average Bonchev–Trinajstić information content (AvgIpc) is 2.79. The maximum absolute atomic E-state index is 12.6. The van der Waals surface area contributed by atoms with Crippen LogP contribution >= 0.6 is 0 Å². The number of amides is 3. The van der Waals surface area contributed by atoms with Crippen LogP contribution in [0.1, 0.15) is 44.6 Å². The molecule has 0 bridgehead atoms. The second kappa shape index (κ2) is 6.51. The van der Waals surface area contributed by atoms with E-state index in [1.165, 1.54) is 12.3 Å². The van der Waals surface area contributed by atoms with Crippen LogP contribution in [-0.2, 0) is 4.79 Å². The first-order valence-corrected chi connectivity index (χ1v) is 8.22. The topological polar surface area (TPSA) is 91.2 Å². The zero-order chi connectivity index (χ0) is 17.2. The molecule has 7 nitrogen and oxygen atoms in total. The number of phenols is 1. The number of carbonyl (C=O) groups is 2. The smallest absolute Gasteiger partial charge is 0.346 e. The largest absolute Gasteiger partial charge is 0.504 e. The van der Waals surface area contributed by atoms with Gasteiger partial charge in [-0.1, -0.05) is 19.3 Å². The molecule has 0 atom stereocenters. The van der Waals surface area contributed by atoms with Crippen molar-refractivity contribution in [1.29, 1.82) is 0 Å². The predicted octanol–water partition coefficient (Wildman–Crippen LogP) is 2.38. The molecule has 7 heteroatoms. The standard InChI is InChI=1S/C17H21N3O4/c1-2-24-14-10-12(6-7-13(14)21)11-18-20-15(22)17(19-16(20)23)8-4-3-5-9-17/h6-7,10-11,21H,2-5,8-9H2,1H3,(H,19,23). The Balaban J connectivity index is 1.78. The molecule has 1 aromatic rings. The van der Waals surface area contributed by atoms with Crippen molar-refractivity contribution in [3.63, 3.8) is 0 Å². The highest BCUT2D eigenvalue weighted by atomic mass is 16.5. The first kappa shape index (κ1) is 16.3. The Morgan fingerprint density at radius 3 is 2.79 bits per heavy atom. The van der Waals surface area contributed by atoms with Crippen molar-refractivity contribution in [2.24, 2.45) is 5.10 Å². The third kappa shape index (κ3) is 2.93. The van der Waals surface area contributed by atoms with Crippen LogP contribution in [0, 0.1) is 0 Å². The van der Waals surface area contributed by atoms with Crippen LogP contribution in [-0.4, -0.2) is 40.4 Å². The van der Waals surface area contributed by atoms with Crippen LogP contribution < -0.4 is 10.1 Å². The van der Waals surface area contributed by atoms with Gasteiger partial charge in [0.25, 0.3) is 5.91 Å². The summed E-state index contributed by atoms with van der Waals surface area (Å²) >= 11 is 0. The quantitative estimate of drug-likeness (QED) is 0.654. The molecular weight excluding hydrogens is 310 g/mol. The van der Waals surface area contributed by atoms with Crippen molar-refractivity contribution in [1.82, 2.24) is 10.3 Å². The van der Waals surface area contributed by atoms with Crippen LogP contribution in [0.5, 0.6) is 11.5 Å². The molecule has 1 heterocycles. The molecule has 1 aromatic carbocycles. The Kier molecular flexibility index (Phi) is 4.42. The number of hydrogen-bond donors (Lipinski definition) is 2. The zero-order valence-corrected chi connectivity index (χ0v) is 13.6. The highest BCUT2D eigenvalue weighted by Gasteiger charge is 2.51. The highest BCUT2D eigenvalue weighted by Crippen LogP contribution is 2.33. The number of carbonyl (C=O) groups excluding carboxylic acids is 2. The Morgan fingerprint density at radius 2 is 2.08 bits per heavy atom. The summed E-state index contributed by atoms with van der Waals surface area (Å²) in [5.74, 6) is 0.0832. The minimum atomic E-state index is -0.780. The minimum Gasteiger partial charge on any atom is -0.504 e. The van der Waals surface area contributed by atoms with Gasteiger partial charge < -0.3 is 15.2 Å². The van der Waals surface area contributed by atoms with Crippen molar-refractivity contribution in [3.05, 3.63) is 23.8 Å². The first-order chi connectivity index (χ1) is 11.6. The minimum absolute atomic E-state index is 0.0325. The fraction of sp³-hybridized carbons (Fsp3) is 0.471. The fourth-order valence-corrected chi connectivity index (χ4v) is 3.21. The van der Waals surface area contributed by atoms with Gasteiger partial charge in [0, 0.05) is 0 Å². The lowest BCUT2D eigenvalue weighted by molar-refractivity contribution is -0.132. The van der Waals surface area contributed by atoms with Crippen molar-refractivity contribution in [2.45, 2.75) is 44.6 Å². The van der Waals surface area contributed by atoms with Crippen molar-refractivity contribution in [3.8, 4) is 11.5 Å². The Hall–Kier alpha value is -2.57. The van der Waals surface area contributed by atoms with Gasteiger partial charge in [0.1, 0.15) is 5.54 Å². The molecule has 1 spiro atoms. The Labute approximate surface area is 140 Å². The van der Waals surface area contributed by atoms with Crippen LogP contribution in [0.15, 0.2) is 23.3 Å².